The van der Waals surface area contributed by atoms with Crippen LogP contribution in [-0.4, -0.2) is 26.5 Å². The highest BCUT2D eigenvalue weighted by molar-refractivity contribution is 8.02. The summed E-state index contributed by atoms with van der Waals surface area (Å²) in [5.41, 5.74) is 0.622. The van der Waals surface area contributed by atoms with Gasteiger partial charge in [-0.3, -0.25) is 4.79 Å². The van der Waals surface area contributed by atoms with Gasteiger partial charge in [-0.15, -0.1) is 0 Å². The molecule has 29 heavy (non-hydrogen) atoms. The SMILES string of the molecule is O=C(OC1=C(c2ccccc2)S(=O)(=O)C(c2ccccc2)C1=O)OC1CCCC1. The third kappa shape index (κ3) is 3.70. The molecule has 0 saturated heterocycles. The van der Waals surface area contributed by atoms with Gasteiger partial charge in [0.25, 0.3) is 0 Å². The molecule has 4 rings (SSSR count). The molecule has 1 aliphatic carbocycles. The van der Waals surface area contributed by atoms with Crippen molar-refractivity contribution in [1.29, 1.82) is 0 Å². The van der Waals surface area contributed by atoms with E-state index in [0.717, 1.165) is 25.7 Å². The number of carbonyl (C=O) groups excluding carboxylic acids is 2. The van der Waals surface area contributed by atoms with Gasteiger partial charge in [0.2, 0.25) is 5.78 Å². The molecule has 150 valence electrons. The van der Waals surface area contributed by atoms with Crippen LogP contribution >= 0.6 is 0 Å². The molecule has 0 spiro atoms. The number of ketones is 1. The van der Waals surface area contributed by atoms with Crippen LogP contribution in [-0.2, 0) is 24.1 Å². The minimum Gasteiger partial charge on any atom is -0.431 e. The summed E-state index contributed by atoms with van der Waals surface area (Å²) in [6, 6.07) is 16.4. The van der Waals surface area contributed by atoms with Crippen LogP contribution in [0.2, 0.25) is 0 Å². The Balaban J connectivity index is 1.74. The molecule has 1 aliphatic heterocycles. The topological polar surface area (TPSA) is 86.7 Å². The average molecular weight is 412 g/mol. The van der Waals surface area contributed by atoms with E-state index in [1.54, 1.807) is 60.7 Å². The van der Waals surface area contributed by atoms with E-state index in [0.29, 0.717) is 11.1 Å². The standard InChI is InChI=1S/C22H20O6S/c23-18-19(28-22(24)27-17-13-7-8-14-17)21(16-11-5-2-6-12-16)29(25,26)20(18)15-9-3-1-4-10-15/h1-6,9-12,17,20H,7-8,13-14H2. The second-order valence-corrected chi connectivity index (χ2v) is 9.07. The molecule has 0 bridgehead atoms. The highest BCUT2D eigenvalue weighted by atomic mass is 32.2. The van der Waals surface area contributed by atoms with Gasteiger partial charge in [0, 0.05) is 0 Å². The van der Waals surface area contributed by atoms with Crippen LogP contribution in [0.15, 0.2) is 66.4 Å². The number of sulfone groups is 1. The lowest BCUT2D eigenvalue weighted by molar-refractivity contribution is -0.118. The van der Waals surface area contributed by atoms with E-state index in [2.05, 4.69) is 0 Å². The second-order valence-electron chi connectivity index (χ2n) is 7.10. The summed E-state index contributed by atoms with van der Waals surface area (Å²) < 4.78 is 37.2. The fourth-order valence-corrected chi connectivity index (χ4v) is 5.81. The third-order valence-corrected chi connectivity index (χ3v) is 7.25. The maximum absolute atomic E-state index is 13.3. The summed E-state index contributed by atoms with van der Waals surface area (Å²) in [6.07, 6.45) is 2.08. The number of benzene rings is 2. The average Bonchev–Trinajstić information content (AvgIpc) is 3.27. The Morgan fingerprint density at radius 3 is 2.10 bits per heavy atom. The van der Waals surface area contributed by atoms with E-state index >= 15 is 0 Å². The van der Waals surface area contributed by atoms with Crippen molar-refractivity contribution >= 4 is 26.7 Å². The highest BCUT2D eigenvalue weighted by Crippen LogP contribution is 2.44. The molecule has 0 amide bonds. The molecular weight excluding hydrogens is 392 g/mol. The summed E-state index contributed by atoms with van der Waals surface area (Å²) in [5, 5.41) is -1.45. The number of rotatable bonds is 4. The van der Waals surface area contributed by atoms with E-state index < -0.39 is 32.8 Å². The van der Waals surface area contributed by atoms with Crippen molar-refractivity contribution in [3.63, 3.8) is 0 Å². The van der Waals surface area contributed by atoms with E-state index in [1.807, 2.05) is 0 Å². The van der Waals surface area contributed by atoms with Gasteiger partial charge in [0.1, 0.15) is 11.0 Å². The summed E-state index contributed by atoms with van der Waals surface area (Å²) in [7, 11) is -4.11. The molecule has 2 aromatic carbocycles. The zero-order valence-electron chi connectivity index (χ0n) is 15.6. The number of Topliss-reactive ketones (excluding diaryl/α,β-unsaturated/α-hetero) is 1. The summed E-state index contributed by atoms with van der Waals surface area (Å²) in [4.78, 5) is 25.1. The van der Waals surface area contributed by atoms with E-state index in [-0.39, 0.29) is 11.0 Å². The Bertz CT molecular complexity index is 1050. The lowest BCUT2D eigenvalue weighted by atomic mass is 10.1. The zero-order chi connectivity index (χ0) is 20.4. The quantitative estimate of drug-likeness (QED) is 0.700. The second kappa shape index (κ2) is 7.83. The van der Waals surface area contributed by atoms with Crippen LogP contribution in [0.1, 0.15) is 42.1 Å². The molecule has 0 N–H and O–H groups in total. The molecule has 6 nitrogen and oxygen atoms in total. The number of allylic oxidation sites excluding steroid dienone is 1. The van der Waals surface area contributed by atoms with Crippen LogP contribution in [0.3, 0.4) is 0 Å². The molecule has 0 radical (unpaired) electrons. The van der Waals surface area contributed by atoms with E-state index in [9.17, 15) is 18.0 Å². The van der Waals surface area contributed by atoms with Crippen LogP contribution in [0.25, 0.3) is 4.91 Å². The maximum Gasteiger partial charge on any atom is 0.514 e. The fraction of sp³-hybridized carbons (Fsp3) is 0.273. The molecule has 7 heteroatoms. The van der Waals surface area contributed by atoms with Crippen molar-refractivity contribution in [2.75, 3.05) is 0 Å². The van der Waals surface area contributed by atoms with E-state index in [1.165, 1.54) is 0 Å². The molecule has 0 aromatic heterocycles. The monoisotopic (exact) mass is 412 g/mol. The smallest absolute Gasteiger partial charge is 0.431 e. The Kier molecular flexibility index (Phi) is 5.24. The van der Waals surface area contributed by atoms with Crippen LogP contribution in [0.5, 0.6) is 0 Å². The predicted octanol–water partition coefficient (Wildman–Crippen LogP) is 4.19. The van der Waals surface area contributed by atoms with Gasteiger partial charge in [-0.2, -0.15) is 0 Å². The Hall–Kier alpha value is -2.93. The molecule has 1 fully saturated rings. The largest absolute Gasteiger partial charge is 0.514 e. The van der Waals surface area contributed by atoms with Crippen molar-refractivity contribution in [1.82, 2.24) is 0 Å². The maximum atomic E-state index is 13.3. The van der Waals surface area contributed by atoms with Gasteiger partial charge in [0.05, 0.1) is 0 Å². The molecule has 1 saturated carbocycles. The number of carbonyl (C=O) groups is 2. The molecule has 2 aliphatic rings. The minimum atomic E-state index is -4.11. The van der Waals surface area contributed by atoms with Gasteiger partial charge >= 0.3 is 6.16 Å². The first-order valence-electron chi connectivity index (χ1n) is 9.49. The molecule has 2 aromatic rings. The predicted molar refractivity (Wildman–Crippen MR) is 106 cm³/mol. The molecule has 1 unspecified atom stereocenters. The summed E-state index contributed by atoms with van der Waals surface area (Å²) in [6.45, 7) is 0. The van der Waals surface area contributed by atoms with Crippen LogP contribution < -0.4 is 0 Å². The number of hydrogen-bond donors (Lipinski definition) is 0. The molecule has 1 atom stereocenters. The van der Waals surface area contributed by atoms with Crippen molar-refractivity contribution in [3.8, 4) is 0 Å². The first-order chi connectivity index (χ1) is 14.0. The number of ether oxygens (including phenoxy) is 2. The Morgan fingerprint density at radius 1 is 0.897 bits per heavy atom. The normalized spacial score (nSPS) is 21.4. The Morgan fingerprint density at radius 2 is 1.48 bits per heavy atom. The van der Waals surface area contributed by atoms with Crippen molar-refractivity contribution in [3.05, 3.63) is 77.5 Å². The van der Waals surface area contributed by atoms with Crippen LogP contribution in [0, 0.1) is 0 Å². The van der Waals surface area contributed by atoms with Gasteiger partial charge in [-0.1, -0.05) is 60.7 Å². The van der Waals surface area contributed by atoms with Gasteiger partial charge in [-0.25, -0.2) is 13.2 Å². The van der Waals surface area contributed by atoms with Crippen LogP contribution in [0.4, 0.5) is 4.79 Å². The van der Waals surface area contributed by atoms with Gasteiger partial charge < -0.3 is 9.47 Å². The Labute approximate surface area is 169 Å². The van der Waals surface area contributed by atoms with E-state index in [4.69, 9.17) is 9.47 Å². The zero-order valence-corrected chi connectivity index (χ0v) is 16.4. The lowest BCUT2D eigenvalue weighted by Gasteiger charge is -2.12. The molecular formula is C22H20O6S. The number of hydrogen-bond acceptors (Lipinski definition) is 6. The van der Waals surface area contributed by atoms with Gasteiger partial charge in [0.15, 0.2) is 20.8 Å². The van der Waals surface area contributed by atoms with Crippen molar-refractivity contribution in [2.24, 2.45) is 0 Å². The van der Waals surface area contributed by atoms with Crippen molar-refractivity contribution < 1.29 is 27.5 Å². The minimum absolute atomic E-state index is 0.263. The van der Waals surface area contributed by atoms with Crippen molar-refractivity contribution in [2.45, 2.75) is 37.0 Å². The summed E-state index contributed by atoms with van der Waals surface area (Å²) in [5.74, 6) is -1.24. The lowest BCUT2D eigenvalue weighted by Crippen LogP contribution is -2.19. The third-order valence-electron chi connectivity index (χ3n) is 5.15. The first-order valence-corrected chi connectivity index (χ1v) is 11.0. The fourth-order valence-electron chi connectivity index (χ4n) is 3.81. The summed E-state index contributed by atoms with van der Waals surface area (Å²) >= 11 is 0. The van der Waals surface area contributed by atoms with Gasteiger partial charge in [-0.05, 0) is 36.8 Å². The highest BCUT2D eigenvalue weighted by Gasteiger charge is 2.50. The molecule has 1 heterocycles. The first kappa shape index (κ1) is 19.4.